The lowest BCUT2D eigenvalue weighted by Crippen LogP contribution is -2.20. The van der Waals surface area contributed by atoms with Crippen LogP contribution in [0.2, 0.25) is 0 Å². The Morgan fingerprint density at radius 3 is 2.93 bits per heavy atom. The van der Waals surface area contributed by atoms with Crippen LogP contribution >= 0.6 is 0 Å². The first-order valence-electron chi connectivity index (χ1n) is 5.48. The number of hydrogen-bond acceptors (Lipinski definition) is 2. The fraction of sp³-hybridized carbons (Fsp3) is 0.417. The molecule has 0 spiro atoms. The zero-order valence-corrected chi connectivity index (χ0v) is 8.90. The molecule has 2 aromatic rings. The average molecular weight is 201 g/mol. The highest BCUT2D eigenvalue weighted by molar-refractivity contribution is 5.83. The molecule has 0 atom stereocenters. The maximum absolute atomic E-state index is 6.28. The van der Waals surface area contributed by atoms with Gasteiger partial charge in [0.25, 0.3) is 0 Å². The molecule has 3 rings (SSSR count). The Hall–Kier alpha value is -1.35. The van der Waals surface area contributed by atoms with Crippen molar-refractivity contribution in [3.63, 3.8) is 0 Å². The van der Waals surface area contributed by atoms with Crippen LogP contribution in [0.4, 0.5) is 0 Å². The van der Waals surface area contributed by atoms with Gasteiger partial charge in [-0.2, -0.15) is 5.10 Å². The Morgan fingerprint density at radius 1 is 1.47 bits per heavy atom. The molecule has 0 unspecified atom stereocenters. The largest absolute Gasteiger partial charge is 0.321 e. The Balaban J connectivity index is 2.32. The molecule has 0 aliphatic heterocycles. The van der Waals surface area contributed by atoms with Crippen LogP contribution in [-0.4, -0.2) is 9.78 Å². The molecule has 1 aromatic heterocycles. The molecule has 1 aliphatic rings. The third-order valence-electron chi connectivity index (χ3n) is 3.29. The van der Waals surface area contributed by atoms with E-state index >= 15 is 0 Å². The monoisotopic (exact) mass is 201 g/mol. The van der Waals surface area contributed by atoms with E-state index in [-0.39, 0.29) is 5.54 Å². The lowest BCUT2D eigenvalue weighted by Gasteiger charge is -2.12. The Kier molecular flexibility index (Phi) is 1.68. The van der Waals surface area contributed by atoms with E-state index in [9.17, 15) is 0 Å². The van der Waals surface area contributed by atoms with Crippen molar-refractivity contribution in [2.45, 2.75) is 31.8 Å². The first-order valence-corrected chi connectivity index (χ1v) is 5.48. The van der Waals surface area contributed by atoms with Gasteiger partial charge in [-0.05, 0) is 25.3 Å². The molecule has 0 amide bonds. The Morgan fingerprint density at radius 2 is 2.27 bits per heavy atom. The highest BCUT2D eigenvalue weighted by Crippen LogP contribution is 2.45. The molecule has 0 radical (unpaired) electrons. The van der Waals surface area contributed by atoms with Crippen molar-refractivity contribution in [3.05, 3.63) is 30.0 Å². The molecule has 1 aromatic carbocycles. The molecule has 1 fully saturated rings. The summed E-state index contributed by atoms with van der Waals surface area (Å²) >= 11 is 0. The lowest BCUT2D eigenvalue weighted by atomic mass is 10.0. The van der Waals surface area contributed by atoms with Gasteiger partial charge in [0.2, 0.25) is 0 Å². The fourth-order valence-corrected chi connectivity index (χ4v) is 2.19. The van der Waals surface area contributed by atoms with E-state index in [1.165, 1.54) is 16.5 Å². The summed E-state index contributed by atoms with van der Waals surface area (Å²) in [4.78, 5) is 0. The van der Waals surface area contributed by atoms with E-state index in [4.69, 9.17) is 5.73 Å². The van der Waals surface area contributed by atoms with Crippen LogP contribution in [-0.2, 0) is 12.1 Å². The van der Waals surface area contributed by atoms with Crippen molar-refractivity contribution in [1.29, 1.82) is 0 Å². The summed E-state index contributed by atoms with van der Waals surface area (Å²) in [5, 5.41) is 5.58. The summed E-state index contributed by atoms with van der Waals surface area (Å²) in [6.45, 7) is 3.01. The van der Waals surface area contributed by atoms with Gasteiger partial charge >= 0.3 is 0 Å². The minimum Gasteiger partial charge on any atom is -0.321 e. The van der Waals surface area contributed by atoms with Crippen LogP contribution in [0, 0.1) is 0 Å². The molecule has 1 saturated carbocycles. The highest BCUT2D eigenvalue weighted by atomic mass is 15.3. The molecule has 3 nitrogen and oxygen atoms in total. The van der Waals surface area contributed by atoms with Crippen molar-refractivity contribution < 1.29 is 0 Å². The van der Waals surface area contributed by atoms with Gasteiger partial charge < -0.3 is 5.73 Å². The molecule has 0 saturated heterocycles. The van der Waals surface area contributed by atoms with Crippen molar-refractivity contribution in [2.24, 2.45) is 5.73 Å². The number of aromatic nitrogens is 2. The third kappa shape index (κ3) is 1.20. The van der Waals surface area contributed by atoms with Crippen molar-refractivity contribution in [1.82, 2.24) is 9.78 Å². The topological polar surface area (TPSA) is 43.8 Å². The number of hydrogen-bond donors (Lipinski definition) is 1. The number of nitrogens with zero attached hydrogens (tertiary/aromatic N) is 2. The number of para-hydroxylation sites is 1. The summed E-state index contributed by atoms with van der Waals surface area (Å²) in [5.74, 6) is 0. The fourth-order valence-electron chi connectivity index (χ4n) is 2.19. The van der Waals surface area contributed by atoms with Gasteiger partial charge in [-0.1, -0.05) is 18.2 Å². The van der Waals surface area contributed by atoms with E-state index in [1.807, 2.05) is 10.9 Å². The van der Waals surface area contributed by atoms with Crippen LogP contribution in [0.15, 0.2) is 24.4 Å². The van der Waals surface area contributed by atoms with Crippen LogP contribution in [0.25, 0.3) is 10.9 Å². The van der Waals surface area contributed by atoms with Crippen LogP contribution in [0.5, 0.6) is 0 Å². The molecule has 0 bridgehead atoms. The number of nitrogens with two attached hydrogens (primary N) is 1. The highest BCUT2D eigenvalue weighted by Gasteiger charge is 2.41. The maximum Gasteiger partial charge on any atom is 0.0732 e. The van der Waals surface area contributed by atoms with Gasteiger partial charge in [0.05, 0.1) is 11.7 Å². The summed E-state index contributed by atoms with van der Waals surface area (Å²) in [6.07, 6.45) is 4.12. The standard InChI is InChI=1S/C12H15N3/c1-2-15-11-9(8-14-15)4-3-5-10(11)12(13)6-7-12/h3-5,8H,2,6-7,13H2,1H3. The minimum atomic E-state index is -0.0769. The van der Waals surface area contributed by atoms with Crippen molar-refractivity contribution in [3.8, 4) is 0 Å². The second-order valence-corrected chi connectivity index (χ2v) is 4.36. The predicted octanol–water partition coefficient (Wildman–Crippen LogP) is 2.00. The average Bonchev–Trinajstić information content (AvgIpc) is 2.87. The number of rotatable bonds is 2. The van der Waals surface area contributed by atoms with Gasteiger partial charge in [-0.15, -0.1) is 0 Å². The third-order valence-corrected chi connectivity index (χ3v) is 3.29. The zero-order valence-electron chi connectivity index (χ0n) is 8.90. The van der Waals surface area contributed by atoms with E-state index < -0.39 is 0 Å². The summed E-state index contributed by atoms with van der Waals surface area (Å²) < 4.78 is 2.04. The predicted molar refractivity (Wildman–Crippen MR) is 60.5 cm³/mol. The van der Waals surface area contributed by atoms with Crippen LogP contribution < -0.4 is 5.73 Å². The second-order valence-electron chi connectivity index (χ2n) is 4.36. The maximum atomic E-state index is 6.28. The van der Waals surface area contributed by atoms with E-state index in [0.29, 0.717) is 0 Å². The first kappa shape index (κ1) is 8.92. The van der Waals surface area contributed by atoms with Crippen molar-refractivity contribution >= 4 is 10.9 Å². The Labute approximate surface area is 88.9 Å². The van der Waals surface area contributed by atoms with Gasteiger partial charge in [-0.3, -0.25) is 4.68 Å². The number of fused-ring (bicyclic) bond motifs is 1. The summed E-state index contributed by atoms with van der Waals surface area (Å²) in [6, 6.07) is 6.32. The van der Waals surface area contributed by atoms with Gasteiger partial charge in [0, 0.05) is 17.5 Å². The zero-order chi connectivity index (χ0) is 10.5. The molecule has 3 heteroatoms. The molecule has 78 valence electrons. The lowest BCUT2D eigenvalue weighted by molar-refractivity contribution is 0.668. The number of benzene rings is 1. The van der Waals surface area contributed by atoms with Crippen LogP contribution in [0.1, 0.15) is 25.3 Å². The van der Waals surface area contributed by atoms with E-state index in [0.717, 1.165) is 19.4 Å². The molecule has 1 aliphatic carbocycles. The quantitative estimate of drug-likeness (QED) is 0.807. The SMILES string of the molecule is CCn1ncc2cccc(C3(N)CC3)c21. The minimum absolute atomic E-state index is 0.0769. The van der Waals surface area contributed by atoms with Gasteiger partial charge in [0.15, 0.2) is 0 Å². The van der Waals surface area contributed by atoms with Gasteiger partial charge in [-0.25, -0.2) is 0 Å². The Bertz CT molecular complexity index is 509. The van der Waals surface area contributed by atoms with Crippen molar-refractivity contribution in [2.75, 3.05) is 0 Å². The molecule has 1 heterocycles. The summed E-state index contributed by atoms with van der Waals surface area (Å²) in [5.41, 5.74) is 8.68. The van der Waals surface area contributed by atoms with Crippen LogP contribution in [0.3, 0.4) is 0 Å². The molecule has 15 heavy (non-hydrogen) atoms. The summed E-state index contributed by atoms with van der Waals surface area (Å²) in [7, 11) is 0. The number of aryl methyl sites for hydroxylation is 1. The molecular formula is C12H15N3. The smallest absolute Gasteiger partial charge is 0.0732 e. The molecular weight excluding hydrogens is 186 g/mol. The molecule has 2 N–H and O–H groups in total. The second kappa shape index (κ2) is 2.83. The first-order chi connectivity index (χ1) is 7.24. The van der Waals surface area contributed by atoms with E-state index in [1.54, 1.807) is 0 Å². The van der Waals surface area contributed by atoms with Gasteiger partial charge in [0.1, 0.15) is 0 Å². The van der Waals surface area contributed by atoms with E-state index in [2.05, 4.69) is 30.2 Å². The normalized spacial score (nSPS) is 18.3.